The highest BCUT2D eigenvalue weighted by molar-refractivity contribution is 5.75. The molecule has 33 heavy (non-hydrogen) atoms. The Morgan fingerprint density at radius 3 is 2.52 bits per heavy atom. The zero-order valence-corrected chi connectivity index (χ0v) is 18.5. The molecule has 3 heterocycles. The summed E-state index contributed by atoms with van der Waals surface area (Å²) in [7, 11) is 1.61. The van der Waals surface area contributed by atoms with Gasteiger partial charge >= 0.3 is 0 Å². The molecule has 0 fully saturated rings. The number of nitrogens with zero attached hydrogens (tertiary/aromatic N) is 6. The van der Waals surface area contributed by atoms with Crippen molar-refractivity contribution in [1.29, 1.82) is 0 Å². The van der Waals surface area contributed by atoms with Crippen molar-refractivity contribution in [1.82, 2.24) is 34.8 Å². The Hall–Kier alpha value is -4.34. The lowest BCUT2D eigenvalue weighted by atomic mass is 10.1. The predicted octanol–water partition coefficient (Wildman–Crippen LogP) is 1.83. The molecule has 0 aliphatic heterocycles. The molecule has 10 nitrogen and oxygen atoms in total. The first-order chi connectivity index (χ1) is 15.9. The molecular weight excluding hydrogens is 422 g/mol. The van der Waals surface area contributed by atoms with Crippen molar-refractivity contribution in [2.45, 2.75) is 26.9 Å². The minimum Gasteiger partial charge on any atom is -0.497 e. The van der Waals surface area contributed by atoms with Gasteiger partial charge in [0.1, 0.15) is 18.6 Å². The van der Waals surface area contributed by atoms with Gasteiger partial charge in [-0.3, -0.25) is 9.59 Å². The molecule has 0 atom stereocenters. The molecule has 0 unspecified atom stereocenters. The van der Waals surface area contributed by atoms with Crippen molar-refractivity contribution >= 4 is 5.91 Å². The van der Waals surface area contributed by atoms with Crippen LogP contribution in [0.3, 0.4) is 0 Å². The Labute approximate surface area is 189 Å². The van der Waals surface area contributed by atoms with Crippen molar-refractivity contribution < 1.29 is 9.53 Å². The van der Waals surface area contributed by atoms with E-state index in [2.05, 4.69) is 25.5 Å². The molecule has 0 aliphatic rings. The largest absolute Gasteiger partial charge is 0.497 e. The summed E-state index contributed by atoms with van der Waals surface area (Å²) in [5, 5.41) is 11.4. The molecule has 168 valence electrons. The van der Waals surface area contributed by atoms with Crippen LogP contribution in [0.5, 0.6) is 5.75 Å². The number of carbonyl (C=O) groups is 1. The van der Waals surface area contributed by atoms with Crippen molar-refractivity contribution in [2.24, 2.45) is 0 Å². The molecule has 1 aromatic carbocycles. The van der Waals surface area contributed by atoms with E-state index in [0.717, 1.165) is 33.1 Å². The van der Waals surface area contributed by atoms with Crippen molar-refractivity contribution in [2.75, 3.05) is 7.11 Å². The zero-order chi connectivity index (χ0) is 23.4. The number of hydrogen-bond donors (Lipinski definition) is 1. The second-order valence-electron chi connectivity index (χ2n) is 7.43. The van der Waals surface area contributed by atoms with Crippen LogP contribution in [0.15, 0.2) is 59.7 Å². The van der Waals surface area contributed by atoms with Crippen LogP contribution in [0, 0.1) is 13.8 Å². The number of hydrogen-bond acceptors (Lipinski definition) is 7. The summed E-state index contributed by atoms with van der Waals surface area (Å²) in [6.45, 7) is 3.74. The van der Waals surface area contributed by atoms with E-state index in [4.69, 9.17) is 4.74 Å². The quantitative estimate of drug-likeness (QED) is 0.461. The van der Waals surface area contributed by atoms with Crippen LogP contribution < -0.4 is 15.6 Å². The highest BCUT2D eigenvalue weighted by Gasteiger charge is 2.11. The SMILES string of the molecule is COc1ccc(-c2cc(CNC(=O)Cn3nc(-n4nc(C)cc4C)ccc3=O)ncn2)cc1. The first kappa shape index (κ1) is 21.9. The number of aromatic nitrogens is 6. The second kappa shape index (κ2) is 9.43. The lowest BCUT2D eigenvalue weighted by Crippen LogP contribution is -2.33. The fraction of sp³-hybridized carbons (Fsp3) is 0.217. The lowest BCUT2D eigenvalue weighted by molar-refractivity contribution is -0.122. The molecular formula is C23H23N7O3. The summed E-state index contributed by atoms with van der Waals surface area (Å²) in [6.07, 6.45) is 1.45. The molecule has 0 radical (unpaired) electrons. The molecule has 4 aromatic rings. The molecule has 1 amide bonds. The van der Waals surface area contributed by atoms with Crippen molar-refractivity contribution in [3.05, 3.63) is 82.3 Å². The van der Waals surface area contributed by atoms with E-state index in [1.54, 1.807) is 23.9 Å². The van der Waals surface area contributed by atoms with Gasteiger partial charge in [0.05, 0.1) is 30.7 Å². The van der Waals surface area contributed by atoms with E-state index in [9.17, 15) is 9.59 Å². The van der Waals surface area contributed by atoms with Crippen LogP contribution in [-0.2, 0) is 17.9 Å². The summed E-state index contributed by atoms with van der Waals surface area (Å²) in [6, 6.07) is 14.2. The van der Waals surface area contributed by atoms with Gasteiger partial charge in [0, 0.05) is 17.3 Å². The second-order valence-corrected chi connectivity index (χ2v) is 7.43. The number of nitrogens with one attached hydrogen (secondary N) is 1. The van der Waals surface area contributed by atoms with Gasteiger partial charge in [-0.05, 0) is 56.3 Å². The summed E-state index contributed by atoms with van der Waals surface area (Å²) in [5.41, 5.74) is 3.62. The van der Waals surface area contributed by atoms with Crippen molar-refractivity contribution in [3.8, 4) is 22.8 Å². The average Bonchev–Trinajstić information content (AvgIpc) is 3.17. The summed E-state index contributed by atoms with van der Waals surface area (Å²) in [4.78, 5) is 33.2. The topological polar surface area (TPSA) is 117 Å². The zero-order valence-electron chi connectivity index (χ0n) is 18.5. The minimum atomic E-state index is -0.376. The van der Waals surface area contributed by atoms with Crippen LogP contribution in [0.2, 0.25) is 0 Å². The Kier molecular flexibility index (Phi) is 6.25. The Bertz CT molecular complexity index is 1340. The number of methoxy groups -OCH3 is 1. The number of aryl methyl sites for hydroxylation is 2. The maximum absolute atomic E-state index is 12.5. The molecule has 0 saturated heterocycles. The van der Waals surface area contributed by atoms with Crippen LogP contribution in [-0.4, -0.2) is 42.5 Å². The average molecular weight is 445 g/mol. The predicted molar refractivity (Wildman–Crippen MR) is 121 cm³/mol. The first-order valence-corrected chi connectivity index (χ1v) is 10.3. The van der Waals surface area contributed by atoms with E-state index in [-0.39, 0.29) is 24.6 Å². The molecule has 1 N–H and O–H groups in total. The molecule has 0 spiro atoms. The lowest BCUT2D eigenvalue weighted by Gasteiger charge is -2.09. The molecule has 0 saturated carbocycles. The molecule has 0 bridgehead atoms. The fourth-order valence-corrected chi connectivity index (χ4v) is 3.32. The van der Waals surface area contributed by atoms with Gasteiger partial charge in [-0.15, -0.1) is 5.10 Å². The third-order valence-electron chi connectivity index (χ3n) is 4.95. The van der Waals surface area contributed by atoms with E-state index in [1.165, 1.54) is 12.4 Å². The van der Waals surface area contributed by atoms with E-state index in [0.29, 0.717) is 11.5 Å². The van der Waals surface area contributed by atoms with Gasteiger partial charge in [-0.2, -0.15) is 5.10 Å². The van der Waals surface area contributed by atoms with Gasteiger partial charge < -0.3 is 10.1 Å². The van der Waals surface area contributed by atoms with E-state index < -0.39 is 0 Å². The monoisotopic (exact) mass is 445 g/mol. The highest BCUT2D eigenvalue weighted by atomic mass is 16.5. The van der Waals surface area contributed by atoms with Gasteiger partial charge in [-0.25, -0.2) is 19.3 Å². The number of rotatable bonds is 7. The number of benzene rings is 1. The Morgan fingerprint density at radius 2 is 1.82 bits per heavy atom. The summed E-state index contributed by atoms with van der Waals surface area (Å²) in [5.74, 6) is 0.860. The van der Waals surface area contributed by atoms with Crippen LogP contribution in [0.1, 0.15) is 17.1 Å². The van der Waals surface area contributed by atoms with Gasteiger partial charge in [0.15, 0.2) is 5.82 Å². The van der Waals surface area contributed by atoms with Crippen LogP contribution >= 0.6 is 0 Å². The number of ether oxygens (including phenoxy) is 1. The highest BCUT2D eigenvalue weighted by Crippen LogP contribution is 2.20. The van der Waals surface area contributed by atoms with Gasteiger partial charge in [-0.1, -0.05) is 0 Å². The third kappa shape index (κ3) is 5.12. The van der Waals surface area contributed by atoms with Gasteiger partial charge in [0.2, 0.25) is 5.91 Å². The molecule has 0 aliphatic carbocycles. The Morgan fingerprint density at radius 1 is 1.03 bits per heavy atom. The summed E-state index contributed by atoms with van der Waals surface area (Å²) >= 11 is 0. The van der Waals surface area contributed by atoms with Gasteiger partial charge in [0.25, 0.3) is 5.56 Å². The molecule has 3 aromatic heterocycles. The number of carbonyl (C=O) groups excluding carboxylic acids is 1. The maximum Gasteiger partial charge on any atom is 0.267 e. The standard InChI is InChI=1S/C23H23N7O3/c1-15-10-16(2)30(27-15)21-8-9-23(32)29(28-21)13-22(31)24-12-18-11-20(26-14-25-18)17-4-6-19(33-3)7-5-17/h4-11,14H,12-13H2,1-3H3,(H,24,31). The molecule has 10 heteroatoms. The third-order valence-corrected chi connectivity index (χ3v) is 4.95. The van der Waals surface area contributed by atoms with E-state index in [1.807, 2.05) is 44.2 Å². The smallest absolute Gasteiger partial charge is 0.267 e. The van der Waals surface area contributed by atoms with E-state index >= 15 is 0 Å². The number of amides is 1. The normalized spacial score (nSPS) is 10.8. The minimum absolute atomic E-state index is 0.191. The first-order valence-electron chi connectivity index (χ1n) is 10.3. The van der Waals surface area contributed by atoms with Crippen LogP contribution in [0.4, 0.5) is 0 Å². The van der Waals surface area contributed by atoms with Crippen LogP contribution in [0.25, 0.3) is 17.1 Å². The molecule has 4 rings (SSSR count). The Balaban J connectivity index is 1.43. The summed E-state index contributed by atoms with van der Waals surface area (Å²) < 4.78 is 7.92. The maximum atomic E-state index is 12.5. The fourth-order valence-electron chi connectivity index (χ4n) is 3.32. The van der Waals surface area contributed by atoms with Crippen molar-refractivity contribution in [3.63, 3.8) is 0 Å².